The summed E-state index contributed by atoms with van der Waals surface area (Å²) >= 11 is 0. The minimum atomic E-state index is -0.407. The molecule has 1 aromatic rings. The third-order valence-corrected chi connectivity index (χ3v) is 6.74. The molecule has 1 aliphatic carbocycles. The van der Waals surface area contributed by atoms with Crippen LogP contribution in [0.25, 0.3) is 0 Å². The van der Waals surface area contributed by atoms with Gasteiger partial charge in [-0.3, -0.25) is 14.5 Å². The zero-order valence-electron chi connectivity index (χ0n) is 16.3. The number of hydrogen-bond donors (Lipinski definition) is 1. The number of likely N-dealkylation sites (N-methyl/N-ethyl adjacent to an activating group) is 1. The smallest absolute Gasteiger partial charge is 0.252 e. The molecule has 1 aromatic heterocycles. The molecule has 3 aliphatic rings. The first kappa shape index (κ1) is 18.2. The second-order valence-electron chi connectivity index (χ2n) is 8.32. The second-order valence-corrected chi connectivity index (χ2v) is 8.32. The van der Waals surface area contributed by atoms with Crippen molar-refractivity contribution in [2.45, 2.75) is 44.1 Å². The molecule has 0 saturated carbocycles. The summed E-state index contributed by atoms with van der Waals surface area (Å²) in [5.74, 6) is 0.543. The number of likely N-dealkylation sites (tertiary alicyclic amines) is 1. The van der Waals surface area contributed by atoms with Crippen molar-refractivity contribution in [2.75, 3.05) is 45.2 Å². The molecule has 7 heteroatoms. The van der Waals surface area contributed by atoms with Gasteiger partial charge < -0.3 is 15.5 Å². The van der Waals surface area contributed by atoms with Crippen LogP contribution >= 0.6 is 0 Å². The third-order valence-electron chi connectivity index (χ3n) is 6.74. The zero-order valence-corrected chi connectivity index (χ0v) is 16.3. The van der Waals surface area contributed by atoms with Crippen molar-refractivity contribution in [3.8, 4) is 0 Å². The number of anilines is 1. The van der Waals surface area contributed by atoms with E-state index in [-0.39, 0.29) is 11.4 Å². The lowest BCUT2D eigenvalue weighted by molar-refractivity contribution is -0.129. The number of hydrogen-bond acceptors (Lipinski definition) is 5. The van der Waals surface area contributed by atoms with E-state index < -0.39 is 5.91 Å². The van der Waals surface area contributed by atoms with Crippen LogP contribution in [0.2, 0.25) is 0 Å². The average Bonchev–Trinajstić information content (AvgIpc) is 3.07. The first-order valence-corrected chi connectivity index (χ1v) is 9.92. The van der Waals surface area contributed by atoms with E-state index in [1.807, 2.05) is 18.0 Å². The van der Waals surface area contributed by atoms with E-state index >= 15 is 0 Å². The zero-order chi connectivity index (χ0) is 19.2. The molecular formula is C20H29N5O2. The number of amides is 2. The number of aromatic nitrogens is 1. The van der Waals surface area contributed by atoms with Gasteiger partial charge in [0, 0.05) is 50.9 Å². The molecule has 3 heterocycles. The van der Waals surface area contributed by atoms with E-state index in [0.717, 1.165) is 75.4 Å². The number of nitrogens with two attached hydrogens (primary N) is 1. The van der Waals surface area contributed by atoms with E-state index in [1.165, 1.54) is 0 Å². The van der Waals surface area contributed by atoms with Crippen LogP contribution < -0.4 is 10.6 Å². The highest BCUT2D eigenvalue weighted by Crippen LogP contribution is 2.35. The fourth-order valence-corrected chi connectivity index (χ4v) is 4.82. The molecular weight excluding hydrogens is 342 g/mol. The lowest BCUT2D eigenvalue weighted by atomic mass is 9.86. The quantitative estimate of drug-likeness (QED) is 0.832. The van der Waals surface area contributed by atoms with Gasteiger partial charge in [-0.15, -0.1) is 0 Å². The van der Waals surface area contributed by atoms with Crippen LogP contribution in [0.3, 0.4) is 0 Å². The fraction of sp³-hybridized carbons (Fsp3) is 0.650. The molecule has 2 fully saturated rings. The summed E-state index contributed by atoms with van der Waals surface area (Å²) in [5, 5.41) is 0. The maximum atomic E-state index is 12.2. The van der Waals surface area contributed by atoms with Crippen LogP contribution in [-0.2, 0) is 17.6 Å². The predicted octanol–water partition coefficient (Wildman–Crippen LogP) is 0.802. The van der Waals surface area contributed by atoms with Crippen LogP contribution in [0.1, 0.15) is 47.3 Å². The lowest BCUT2D eigenvalue weighted by Gasteiger charge is -2.50. The summed E-state index contributed by atoms with van der Waals surface area (Å²) in [6.45, 7) is 3.23. The molecule has 4 rings (SSSR count). The number of fused-ring (bicyclic) bond motifs is 1. The summed E-state index contributed by atoms with van der Waals surface area (Å²) in [6, 6.07) is 1.96. The topological polar surface area (TPSA) is 82.8 Å². The number of pyridine rings is 1. The highest BCUT2D eigenvalue weighted by molar-refractivity contribution is 5.98. The van der Waals surface area contributed by atoms with Crippen molar-refractivity contribution in [2.24, 2.45) is 5.73 Å². The van der Waals surface area contributed by atoms with Crippen LogP contribution in [-0.4, -0.2) is 72.4 Å². The van der Waals surface area contributed by atoms with E-state index in [4.69, 9.17) is 10.7 Å². The Labute approximate surface area is 160 Å². The number of primary amides is 1. The molecule has 1 spiro atoms. The number of carbonyl (C=O) groups excluding carboxylic acids is 2. The van der Waals surface area contributed by atoms with Gasteiger partial charge in [0.05, 0.1) is 5.56 Å². The largest absolute Gasteiger partial charge is 0.365 e. The Morgan fingerprint density at radius 1 is 1.15 bits per heavy atom. The SMILES string of the molecule is CN1CCC2(CCC1=O)CN(c1nc3c(cc1C(N)=O)CCC3)CCN2C. The molecule has 2 N–H and O–H groups in total. The molecule has 1 atom stereocenters. The summed E-state index contributed by atoms with van der Waals surface area (Å²) < 4.78 is 0. The van der Waals surface area contributed by atoms with Crippen molar-refractivity contribution in [3.05, 3.63) is 22.9 Å². The van der Waals surface area contributed by atoms with Gasteiger partial charge in [0.2, 0.25) is 5.91 Å². The van der Waals surface area contributed by atoms with Gasteiger partial charge >= 0.3 is 0 Å². The molecule has 1 unspecified atom stereocenters. The summed E-state index contributed by atoms with van der Waals surface area (Å²) in [7, 11) is 4.04. The monoisotopic (exact) mass is 371 g/mol. The Hall–Kier alpha value is -2.15. The van der Waals surface area contributed by atoms with Gasteiger partial charge in [0.1, 0.15) is 5.82 Å². The van der Waals surface area contributed by atoms with E-state index in [1.54, 1.807) is 0 Å². The fourth-order valence-electron chi connectivity index (χ4n) is 4.82. The summed E-state index contributed by atoms with van der Waals surface area (Å²) in [6.07, 6.45) is 5.36. The standard InChI is InChI=1S/C20H29N5O2/c1-23-9-8-20(7-6-17(23)26)13-25(11-10-24(20)2)19-15(18(21)27)12-14-4-3-5-16(14)22-19/h12H,3-11,13H2,1-2H3,(H2,21,27). The van der Waals surface area contributed by atoms with Gasteiger partial charge in [-0.25, -0.2) is 4.98 Å². The van der Waals surface area contributed by atoms with Gasteiger partial charge in [-0.2, -0.15) is 0 Å². The Bertz CT molecular complexity index is 780. The number of piperazine rings is 1. The van der Waals surface area contributed by atoms with Crippen molar-refractivity contribution in [1.29, 1.82) is 0 Å². The lowest BCUT2D eigenvalue weighted by Crippen LogP contribution is -2.61. The first-order valence-electron chi connectivity index (χ1n) is 9.92. The van der Waals surface area contributed by atoms with Crippen molar-refractivity contribution in [3.63, 3.8) is 0 Å². The van der Waals surface area contributed by atoms with E-state index in [0.29, 0.717) is 12.0 Å². The van der Waals surface area contributed by atoms with E-state index in [9.17, 15) is 9.59 Å². The average molecular weight is 371 g/mol. The predicted molar refractivity (Wildman–Crippen MR) is 104 cm³/mol. The molecule has 2 amide bonds. The third kappa shape index (κ3) is 3.18. The Morgan fingerprint density at radius 3 is 2.74 bits per heavy atom. The normalized spacial score (nSPS) is 26.4. The van der Waals surface area contributed by atoms with Crippen LogP contribution in [0.15, 0.2) is 6.07 Å². The summed E-state index contributed by atoms with van der Waals surface area (Å²) in [5.41, 5.74) is 8.45. The minimum Gasteiger partial charge on any atom is -0.365 e. The van der Waals surface area contributed by atoms with Crippen LogP contribution in [0.4, 0.5) is 5.82 Å². The molecule has 0 bridgehead atoms. The highest BCUT2D eigenvalue weighted by atomic mass is 16.2. The van der Waals surface area contributed by atoms with E-state index in [2.05, 4.69) is 16.8 Å². The van der Waals surface area contributed by atoms with Crippen LogP contribution in [0.5, 0.6) is 0 Å². The Balaban J connectivity index is 1.67. The maximum Gasteiger partial charge on any atom is 0.252 e. The van der Waals surface area contributed by atoms with Gasteiger partial charge in [0.15, 0.2) is 0 Å². The molecule has 0 aromatic carbocycles. The molecule has 146 valence electrons. The Kier molecular flexibility index (Phi) is 4.58. The van der Waals surface area contributed by atoms with Crippen molar-refractivity contribution >= 4 is 17.6 Å². The van der Waals surface area contributed by atoms with Gasteiger partial charge in [-0.05, 0) is 50.8 Å². The number of aryl methyl sites for hydroxylation is 2. The van der Waals surface area contributed by atoms with Gasteiger partial charge in [-0.1, -0.05) is 0 Å². The number of carbonyl (C=O) groups is 2. The minimum absolute atomic E-state index is 0.0751. The van der Waals surface area contributed by atoms with Gasteiger partial charge in [0.25, 0.3) is 5.91 Å². The molecule has 27 heavy (non-hydrogen) atoms. The maximum absolute atomic E-state index is 12.2. The Morgan fingerprint density at radius 2 is 1.96 bits per heavy atom. The summed E-state index contributed by atoms with van der Waals surface area (Å²) in [4.78, 5) is 35.7. The van der Waals surface area contributed by atoms with Crippen molar-refractivity contribution < 1.29 is 9.59 Å². The first-order chi connectivity index (χ1) is 12.9. The highest BCUT2D eigenvalue weighted by Gasteiger charge is 2.42. The van der Waals surface area contributed by atoms with Crippen molar-refractivity contribution in [1.82, 2.24) is 14.8 Å². The van der Waals surface area contributed by atoms with Crippen LogP contribution in [0, 0.1) is 0 Å². The molecule has 2 aliphatic heterocycles. The second kappa shape index (κ2) is 6.78. The molecule has 0 radical (unpaired) electrons. The number of rotatable bonds is 2. The molecule has 7 nitrogen and oxygen atoms in total. The number of nitrogens with zero attached hydrogens (tertiary/aromatic N) is 4. The molecule has 2 saturated heterocycles.